The van der Waals surface area contributed by atoms with Crippen molar-refractivity contribution in [3.8, 4) is 5.75 Å². The first-order valence-corrected chi connectivity index (χ1v) is 7.34. The van der Waals surface area contributed by atoms with E-state index in [2.05, 4.69) is 5.32 Å². The van der Waals surface area contributed by atoms with Crippen LogP contribution in [-0.4, -0.2) is 24.1 Å². The summed E-state index contributed by atoms with van der Waals surface area (Å²) < 4.78 is 5.66. The summed E-state index contributed by atoms with van der Waals surface area (Å²) in [5, 5.41) is 3.05. The topological polar surface area (TPSA) is 64.3 Å². The SMILES string of the molecule is Cc1ccc(OC(C)C(=O)NC2CCC(N)CC2)cc1.Cl. The van der Waals surface area contributed by atoms with Crippen LogP contribution in [0, 0.1) is 6.92 Å². The molecule has 1 atom stereocenters. The second kappa shape index (κ2) is 8.25. The largest absolute Gasteiger partial charge is 0.481 e. The van der Waals surface area contributed by atoms with Gasteiger partial charge in [0, 0.05) is 12.1 Å². The highest BCUT2D eigenvalue weighted by molar-refractivity contribution is 5.85. The zero-order valence-corrected chi connectivity index (χ0v) is 13.5. The lowest BCUT2D eigenvalue weighted by Crippen LogP contribution is -2.45. The lowest BCUT2D eigenvalue weighted by molar-refractivity contribution is -0.128. The van der Waals surface area contributed by atoms with Crippen molar-refractivity contribution in [2.75, 3.05) is 0 Å². The number of ether oxygens (including phenoxy) is 1. The van der Waals surface area contributed by atoms with Crippen molar-refractivity contribution in [3.05, 3.63) is 29.8 Å². The van der Waals surface area contributed by atoms with E-state index in [1.165, 1.54) is 5.56 Å². The van der Waals surface area contributed by atoms with Gasteiger partial charge in [0.1, 0.15) is 5.75 Å². The van der Waals surface area contributed by atoms with Gasteiger partial charge in [0.25, 0.3) is 5.91 Å². The first kappa shape index (κ1) is 17.8. The molecule has 0 heterocycles. The summed E-state index contributed by atoms with van der Waals surface area (Å²) in [5.74, 6) is 0.676. The number of nitrogens with two attached hydrogens (primary N) is 1. The number of carbonyl (C=O) groups is 1. The number of rotatable bonds is 4. The minimum Gasteiger partial charge on any atom is -0.481 e. The van der Waals surface area contributed by atoms with Crippen LogP contribution in [0.15, 0.2) is 24.3 Å². The molecule has 1 unspecified atom stereocenters. The average molecular weight is 313 g/mol. The van der Waals surface area contributed by atoms with Crippen molar-refractivity contribution in [2.45, 2.75) is 57.7 Å². The summed E-state index contributed by atoms with van der Waals surface area (Å²) in [6.45, 7) is 3.80. The predicted octanol–water partition coefficient (Wildman–Crippen LogP) is 2.57. The second-order valence-corrected chi connectivity index (χ2v) is 5.69. The molecule has 0 spiro atoms. The normalized spacial score (nSPS) is 22.8. The molecule has 21 heavy (non-hydrogen) atoms. The lowest BCUT2D eigenvalue weighted by Gasteiger charge is -2.27. The third kappa shape index (κ3) is 5.56. The summed E-state index contributed by atoms with van der Waals surface area (Å²) in [6.07, 6.45) is 3.42. The molecule has 4 nitrogen and oxygen atoms in total. The molecule has 0 radical (unpaired) electrons. The number of halogens is 1. The van der Waals surface area contributed by atoms with Crippen molar-refractivity contribution in [2.24, 2.45) is 5.73 Å². The van der Waals surface area contributed by atoms with Crippen molar-refractivity contribution in [3.63, 3.8) is 0 Å². The molecule has 3 N–H and O–H groups in total. The van der Waals surface area contributed by atoms with E-state index in [0.29, 0.717) is 6.04 Å². The summed E-state index contributed by atoms with van der Waals surface area (Å²) in [6, 6.07) is 8.26. The second-order valence-electron chi connectivity index (χ2n) is 5.69. The Morgan fingerprint density at radius 3 is 2.38 bits per heavy atom. The van der Waals surface area contributed by atoms with Gasteiger partial charge in [-0.2, -0.15) is 0 Å². The molecule has 1 aliphatic rings. The first-order chi connectivity index (χ1) is 9.54. The molecule has 1 aromatic carbocycles. The maximum Gasteiger partial charge on any atom is 0.260 e. The number of aryl methyl sites for hydroxylation is 1. The van der Waals surface area contributed by atoms with Gasteiger partial charge in [0.15, 0.2) is 6.10 Å². The molecule has 5 heteroatoms. The Morgan fingerprint density at radius 2 is 1.81 bits per heavy atom. The van der Waals surface area contributed by atoms with Crippen molar-refractivity contribution in [1.29, 1.82) is 0 Å². The predicted molar refractivity (Wildman–Crippen MR) is 86.9 cm³/mol. The molecule has 0 saturated heterocycles. The Bertz CT molecular complexity index is 442. The number of hydrogen-bond acceptors (Lipinski definition) is 3. The van der Waals surface area contributed by atoms with E-state index in [-0.39, 0.29) is 24.4 Å². The van der Waals surface area contributed by atoms with Crippen LogP contribution in [0.1, 0.15) is 38.2 Å². The Balaban J connectivity index is 0.00000220. The van der Waals surface area contributed by atoms with Gasteiger partial charge in [-0.3, -0.25) is 4.79 Å². The minimum atomic E-state index is -0.478. The summed E-state index contributed by atoms with van der Waals surface area (Å²) in [5.41, 5.74) is 7.04. The number of amides is 1. The maximum absolute atomic E-state index is 12.1. The minimum absolute atomic E-state index is 0. The molecule has 0 bridgehead atoms. The molecular weight excluding hydrogens is 288 g/mol. The molecule has 1 fully saturated rings. The summed E-state index contributed by atoms with van der Waals surface area (Å²) in [7, 11) is 0. The van der Waals surface area contributed by atoms with Gasteiger partial charge in [-0.25, -0.2) is 0 Å². The molecule has 1 saturated carbocycles. The van der Waals surface area contributed by atoms with E-state index in [0.717, 1.165) is 31.4 Å². The molecule has 1 aromatic rings. The Hall–Kier alpha value is -1.26. The first-order valence-electron chi connectivity index (χ1n) is 7.34. The van der Waals surface area contributed by atoms with Gasteiger partial charge in [-0.15, -0.1) is 12.4 Å². The quantitative estimate of drug-likeness (QED) is 0.898. The van der Waals surface area contributed by atoms with Crippen LogP contribution in [0.3, 0.4) is 0 Å². The smallest absolute Gasteiger partial charge is 0.260 e. The summed E-state index contributed by atoms with van der Waals surface area (Å²) >= 11 is 0. The number of benzene rings is 1. The Morgan fingerprint density at radius 1 is 1.24 bits per heavy atom. The Labute approximate surface area is 132 Å². The highest BCUT2D eigenvalue weighted by Gasteiger charge is 2.23. The Kier molecular flexibility index (Phi) is 6.99. The lowest BCUT2D eigenvalue weighted by atomic mass is 9.92. The molecule has 2 rings (SSSR count). The highest BCUT2D eigenvalue weighted by Crippen LogP contribution is 2.18. The van der Waals surface area contributed by atoms with E-state index in [1.807, 2.05) is 31.2 Å². The van der Waals surface area contributed by atoms with Crippen LogP contribution in [-0.2, 0) is 4.79 Å². The standard InChI is InChI=1S/C16H24N2O2.ClH/c1-11-3-9-15(10-4-11)20-12(2)16(19)18-14-7-5-13(17)6-8-14;/h3-4,9-10,12-14H,5-8,17H2,1-2H3,(H,18,19);1H. The number of carbonyl (C=O) groups excluding carboxylic acids is 1. The fraction of sp³-hybridized carbons (Fsp3) is 0.562. The van der Waals surface area contributed by atoms with E-state index in [9.17, 15) is 4.79 Å². The molecular formula is C16H25ClN2O2. The highest BCUT2D eigenvalue weighted by atomic mass is 35.5. The number of hydrogen-bond donors (Lipinski definition) is 2. The molecule has 1 amide bonds. The third-order valence-electron chi connectivity index (χ3n) is 3.82. The van der Waals surface area contributed by atoms with Gasteiger partial charge in [0.05, 0.1) is 0 Å². The average Bonchev–Trinajstić information content (AvgIpc) is 2.44. The van der Waals surface area contributed by atoms with Gasteiger partial charge in [-0.05, 0) is 51.7 Å². The van der Waals surface area contributed by atoms with Crippen LogP contribution in [0.5, 0.6) is 5.75 Å². The number of nitrogens with one attached hydrogen (secondary N) is 1. The van der Waals surface area contributed by atoms with Crippen molar-refractivity contribution in [1.82, 2.24) is 5.32 Å². The van der Waals surface area contributed by atoms with Crippen molar-refractivity contribution < 1.29 is 9.53 Å². The van der Waals surface area contributed by atoms with Crippen LogP contribution in [0.25, 0.3) is 0 Å². The molecule has 118 valence electrons. The van der Waals surface area contributed by atoms with Gasteiger partial charge >= 0.3 is 0 Å². The van der Waals surface area contributed by atoms with E-state index < -0.39 is 6.10 Å². The fourth-order valence-electron chi connectivity index (χ4n) is 2.46. The van der Waals surface area contributed by atoms with E-state index >= 15 is 0 Å². The molecule has 1 aliphatic carbocycles. The third-order valence-corrected chi connectivity index (χ3v) is 3.82. The maximum atomic E-state index is 12.1. The van der Waals surface area contributed by atoms with Crippen LogP contribution >= 0.6 is 12.4 Å². The van der Waals surface area contributed by atoms with Gasteiger partial charge < -0.3 is 15.8 Å². The monoisotopic (exact) mass is 312 g/mol. The fourth-order valence-corrected chi connectivity index (χ4v) is 2.46. The van der Waals surface area contributed by atoms with E-state index in [1.54, 1.807) is 6.92 Å². The van der Waals surface area contributed by atoms with Gasteiger partial charge in [-0.1, -0.05) is 17.7 Å². The van der Waals surface area contributed by atoms with E-state index in [4.69, 9.17) is 10.5 Å². The van der Waals surface area contributed by atoms with Crippen molar-refractivity contribution >= 4 is 18.3 Å². The molecule has 0 aliphatic heterocycles. The zero-order chi connectivity index (χ0) is 14.5. The van der Waals surface area contributed by atoms with Crippen LogP contribution in [0.2, 0.25) is 0 Å². The molecule has 0 aromatic heterocycles. The van der Waals surface area contributed by atoms with Gasteiger partial charge in [0.2, 0.25) is 0 Å². The zero-order valence-electron chi connectivity index (χ0n) is 12.7. The summed E-state index contributed by atoms with van der Waals surface area (Å²) in [4.78, 5) is 12.1. The van der Waals surface area contributed by atoms with Crippen LogP contribution in [0.4, 0.5) is 0 Å². The van der Waals surface area contributed by atoms with Crippen LogP contribution < -0.4 is 15.8 Å².